The first-order chi connectivity index (χ1) is 9.70. The molecule has 1 saturated carbocycles. The van der Waals surface area contributed by atoms with Crippen molar-refractivity contribution in [2.75, 3.05) is 26.0 Å². The largest absolute Gasteiger partial charge is 0.396 e. The highest BCUT2D eigenvalue weighted by Gasteiger charge is 2.23. The molecular formula is C16H25NO2S. The van der Waals surface area contributed by atoms with Gasteiger partial charge in [0, 0.05) is 29.8 Å². The van der Waals surface area contributed by atoms with Crippen LogP contribution in [0, 0.1) is 5.92 Å². The lowest BCUT2D eigenvalue weighted by Crippen LogP contribution is -2.37. The minimum absolute atomic E-state index is 0.328. The SMILES string of the molecule is CN(CCS(=O)c1ccccc1)C1CCC(CO)CC1. The molecule has 0 spiro atoms. The molecule has 0 bridgehead atoms. The van der Waals surface area contributed by atoms with Gasteiger partial charge in [0.25, 0.3) is 0 Å². The van der Waals surface area contributed by atoms with Crippen molar-refractivity contribution in [2.24, 2.45) is 5.92 Å². The molecule has 0 radical (unpaired) electrons. The van der Waals surface area contributed by atoms with Crippen LogP contribution < -0.4 is 0 Å². The Labute approximate surface area is 124 Å². The van der Waals surface area contributed by atoms with E-state index < -0.39 is 10.8 Å². The molecule has 1 aliphatic rings. The average molecular weight is 295 g/mol. The van der Waals surface area contributed by atoms with Crippen LogP contribution in [0.25, 0.3) is 0 Å². The molecule has 2 rings (SSSR count). The van der Waals surface area contributed by atoms with Gasteiger partial charge in [-0.3, -0.25) is 4.21 Å². The number of benzene rings is 1. The Morgan fingerprint density at radius 1 is 1.20 bits per heavy atom. The van der Waals surface area contributed by atoms with Gasteiger partial charge in [0.1, 0.15) is 0 Å². The van der Waals surface area contributed by atoms with Crippen LogP contribution in [-0.4, -0.2) is 46.2 Å². The molecule has 0 amide bonds. The minimum Gasteiger partial charge on any atom is -0.396 e. The third-order valence-electron chi connectivity index (χ3n) is 4.33. The highest BCUT2D eigenvalue weighted by Crippen LogP contribution is 2.26. The third kappa shape index (κ3) is 4.40. The van der Waals surface area contributed by atoms with E-state index in [1.54, 1.807) is 0 Å². The second-order valence-corrected chi connectivity index (χ2v) is 7.27. The number of aliphatic hydroxyl groups excluding tert-OH is 1. The second kappa shape index (κ2) is 7.91. The molecule has 3 nitrogen and oxygen atoms in total. The van der Waals surface area contributed by atoms with Gasteiger partial charge in [-0.1, -0.05) is 18.2 Å². The number of aliphatic hydroxyl groups is 1. The van der Waals surface area contributed by atoms with Crippen LogP contribution in [0.15, 0.2) is 35.2 Å². The van der Waals surface area contributed by atoms with Crippen molar-refractivity contribution in [1.29, 1.82) is 0 Å². The highest BCUT2D eigenvalue weighted by molar-refractivity contribution is 7.85. The standard InChI is InChI=1S/C16H25NO2S/c1-17(15-9-7-14(13-18)8-10-15)11-12-20(19)16-5-3-2-4-6-16/h2-6,14-15,18H,7-13H2,1H3. The summed E-state index contributed by atoms with van der Waals surface area (Å²) in [6.07, 6.45) is 4.54. The van der Waals surface area contributed by atoms with Gasteiger partial charge in [0.2, 0.25) is 0 Å². The molecule has 0 heterocycles. The summed E-state index contributed by atoms with van der Waals surface area (Å²) in [4.78, 5) is 3.26. The minimum atomic E-state index is -0.899. The molecule has 1 aromatic rings. The summed E-state index contributed by atoms with van der Waals surface area (Å²) in [7, 11) is 1.23. The molecule has 1 fully saturated rings. The molecule has 1 N–H and O–H groups in total. The first kappa shape index (κ1) is 15.7. The fourth-order valence-electron chi connectivity index (χ4n) is 2.87. The van der Waals surface area contributed by atoms with E-state index in [-0.39, 0.29) is 0 Å². The maximum Gasteiger partial charge on any atom is 0.0542 e. The topological polar surface area (TPSA) is 40.5 Å². The molecule has 1 atom stereocenters. The summed E-state index contributed by atoms with van der Waals surface area (Å²) < 4.78 is 12.2. The predicted molar refractivity (Wildman–Crippen MR) is 83.2 cm³/mol. The quantitative estimate of drug-likeness (QED) is 0.875. The van der Waals surface area contributed by atoms with Crippen LogP contribution in [0.2, 0.25) is 0 Å². The van der Waals surface area contributed by atoms with E-state index in [9.17, 15) is 4.21 Å². The van der Waals surface area contributed by atoms with Gasteiger partial charge in [0.15, 0.2) is 0 Å². The smallest absolute Gasteiger partial charge is 0.0542 e. The first-order valence-corrected chi connectivity index (χ1v) is 8.77. The van der Waals surface area contributed by atoms with Crippen molar-refractivity contribution in [1.82, 2.24) is 4.90 Å². The van der Waals surface area contributed by atoms with E-state index in [0.717, 1.165) is 37.1 Å². The molecule has 20 heavy (non-hydrogen) atoms. The molecule has 1 unspecified atom stereocenters. The molecule has 0 saturated heterocycles. The van der Waals surface area contributed by atoms with Crippen LogP contribution in [0.5, 0.6) is 0 Å². The summed E-state index contributed by atoms with van der Waals surface area (Å²) >= 11 is 0. The summed E-state index contributed by atoms with van der Waals surface area (Å²) in [5.41, 5.74) is 0. The van der Waals surface area contributed by atoms with E-state index in [4.69, 9.17) is 5.11 Å². The lowest BCUT2D eigenvalue weighted by molar-refractivity contribution is 0.132. The fraction of sp³-hybridized carbons (Fsp3) is 0.625. The highest BCUT2D eigenvalue weighted by atomic mass is 32.2. The third-order valence-corrected chi connectivity index (χ3v) is 5.68. The Bertz CT molecular complexity index is 416. The van der Waals surface area contributed by atoms with Crippen molar-refractivity contribution in [3.8, 4) is 0 Å². The van der Waals surface area contributed by atoms with Gasteiger partial charge in [-0.25, -0.2) is 0 Å². The normalized spacial score (nSPS) is 24.8. The fourth-order valence-corrected chi connectivity index (χ4v) is 4.02. The van der Waals surface area contributed by atoms with Crippen LogP contribution in [0.4, 0.5) is 0 Å². The van der Waals surface area contributed by atoms with Crippen molar-refractivity contribution in [3.63, 3.8) is 0 Å². The van der Waals surface area contributed by atoms with E-state index in [0.29, 0.717) is 24.3 Å². The van der Waals surface area contributed by atoms with E-state index in [1.807, 2.05) is 30.3 Å². The first-order valence-electron chi connectivity index (χ1n) is 7.45. The zero-order chi connectivity index (χ0) is 14.4. The van der Waals surface area contributed by atoms with Crippen molar-refractivity contribution < 1.29 is 9.32 Å². The maximum absolute atomic E-state index is 12.2. The molecule has 4 heteroatoms. The van der Waals surface area contributed by atoms with Crippen LogP contribution in [0.3, 0.4) is 0 Å². The van der Waals surface area contributed by atoms with Crippen LogP contribution >= 0.6 is 0 Å². The van der Waals surface area contributed by atoms with Gasteiger partial charge >= 0.3 is 0 Å². The Hall–Kier alpha value is -0.710. The van der Waals surface area contributed by atoms with Crippen molar-refractivity contribution >= 4 is 10.8 Å². The van der Waals surface area contributed by atoms with Crippen molar-refractivity contribution in [2.45, 2.75) is 36.6 Å². The Morgan fingerprint density at radius 3 is 2.45 bits per heavy atom. The number of nitrogens with zero attached hydrogens (tertiary/aromatic N) is 1. The maximum atomic E-state index is 12.2. The van der Waals surface area contributed by atoms with E-state index in [1.165, 1.54) is 0 Å². The van der Waals surface area contributed by atoms with Gasteiger partial charge in [-0.2, -0.15) is 0 Å². The second-order valence-electron chi connectivity index (χ2n) is 5.70. The zero-order valence-electron chi connectivity index (χ0n) is 12.2. The van der Waals surface area contributed by atoms with Crippen LogP contribution in [-0.2, 0) is 10.8 Å². The Kier molecular flexibility index (Phi) is 6.20. The van der Waals surface area contributed by atoms with Gasteiger partial charge in [-0.05, 0) is 50.8 Å². The average Bonchev–Trinajstić information content (AvgIpc) is 2.53. The predicted octanol–water partition coefficient (Wildman–Crippen LogP) is 2.28. The number of rotatable bonds is 6. The Balaban J connectivity index is 1.75. The van der Waals surface area contributed by atoms with Gasteiger partial charge in [0.05, 0.1) is 10.8 Å². The molecular weight excluding hydrogens is 270 g/mol. The number of hydrogen-bond acceptors (Lipinski definition) is 3. The van der Waals surface area contributed by atoms with Gasteiger partial charge < -0.3 is 10.0 Å². The monoisotopic (exact) mass is 295 g/mol. The molecule has 0 aromatic heterocycles. The molecule has 112 valence electrons. The van der Waals surface area contributed by atoms with E-state index in [2.05, 4.69) is 11.9 Å². The summed E-state index contributed by atoms with van der Waals surface area (Å²) in [6.45, 7) is 1.20. The van der Waals surface area contributed by atoms with Crippen LogP contribution in [0.1, 0.15) is 25.7 Å². The summed E-state index contributed by atoms with van der Waals surface area (Å²) in [5, 5.41) is 9.16. The van der Waals surface area contributed by atoms with E-state index >= 15 is 0 Å². The lowest BCUT2D eigenvalue weighted by Gasteiger charge is -2.34. The molecule has 1 aliphatic carbocycles. The Morgan fingerprint density at radius 2 is 1.85 bits per heavy atom. The van der Waals surface area contributed by atoms with Gasteiger partial charge in [-0.15, -0.1) is 0 Å². The summed E-state index contributed by atoms with van der Waals surface area (Å²) in [5.74, 6) is 1.19. The number of hydrogen-bond donors (Lipinski definition) is 1. The summed E-state index contributed by atoms with van der Waals surface area (Å²) in [6, 6.07) is 10.3. The molecule has 1 aromatic carbocycles. The zero-order valence-corrected chi connectivity index (χ0v) is 13.0. The van der Waals surface area contributed by atoms with Crippen molar-refractivity contribution in [3.05, 3.63) is 30.3 Å². The molecule has 0 aliphatic heterocycles. The lowest BCUT2D eigenvalue weighted by atomic mass is 9.86.